The van der Waals surface area contributed by atoms with E-state index in [9.17, 15) is 4.79 Å². The van der Waals surface area contributed by atoms with Gasteiger partial charge in [-0.1, -0.05) is 6.58 Å². The lowest BCUT2D eigenvalue weighted by molar-refractivity contribution is -0.115. The van der Waals surface area contributed by atoms with Crippen molar-refractivity contribution in [2.45, 2.75) is 6.42 Å². The van der Waals surface area contributed by atoms with Gasteiger partial charge in [0, 0.05) is 11.3 Å². The fraction of sp³-hybridized carbons (Fsp3) is 0.571. The Morgan fingerprint density at radius 1 is 1.70 bits per heavy atom. The fourth-order valence-corrected chi connectivity index (χ4v) is 2.28. The molecule has 3 heteroatoms. The zero-order valence-electron chi connectivity index (χ0n) is 5.80. The van der Waals surface area contributed by atoms with Crippen LogP contribution in [0.1, 0.15) is 6.42 Å². The first-order valence-corrected chi connectivity index (χ1v) is 4.43. The lowest BCUT2D eigenvalue weighted by atomic mass is 10.00. The first-order valence-electron chi connectivity index (χ1n) is 3.28. The molecule has 10 heavy (non-hydrogen) atoms. The molecule has 2 nitrogen and oxygen atoms in total. The number of thioether (sulfide) groups is 1. The minimum atomic E-state index is -0.340. The molecule has 2 N–H and O–H groups in total. The number of nitrogens with two attached hydrogens (primary N) is 1. The highest BCUT2D eigenvalue weighted by molar-refractivity contribution is 7.99. The normalized spacial score (nSPS) is 24.6. The molecule has 0 aliphatic carbocycles. The molecule has 0 bridgehead atoms. The van der Waals surface area contributed by atoms with Crippen LogP contribution in [-0.2, 0) is 4.79 Å². The van der Waals surface area contributed by atoms with Gasteiger partial charge in [0.25, 0.3) is 0 Å². The molecule has 1 aliphatic rings. The second kappa shape index (κ2) is 3.10. The van der Waals surface area contributed by atoms with Crippen molar-refractivity contribution < 1.29 is 4.79 Å². The summed E-state index contributed by atoms with van der Waals surface area (Å²) in [5.74, 6) is 2.16. The summed E-state index contributed by atoms with van der Waals surface area (Å²) in [5.41, 5.74) is 5.67. The van der Waals surface area contributed by atoms with E-state index in [4.69, 9.17) is 5.73 Å². The molecule has 1 saturated heterocycles. The molecule has 1 atom stereocenters. The molecule has 0 aromatic carbocycles. The van der Waals surface area contributed by atoms with Crippen molar-refractivity contribution in [3.63, 3.8) is 0 Å². The van der Waals surface area contributed by atoms with Crippen LogP contribution in [0, 0.1) is 5.92 Å². The summed E-state index contributed by atoms with van der Waals surface area (Å²) in [4.78, 5) is 10.6. The number of carbonyl (C=O) groups excluding carboxylic acids is 1. The van der Waals surface area contributed by atoms with Crippen LogP contribution in [0.5, 0.6) is 0 Å². The van der Waals surface area contributed by atoms with Gasteiger partial charge in [0.05, 0.1) is 0 Å². The molecule has 56 valence electrons. The van der Waals surface area contributed by atoms with Gasteiger partial charge in [0.2, 0.25) is 5.91 Å². The number of amides is 1. The van der Waals surface area contributed by atoms with E-state index >= 15 is 0 Å². The Balaban J connectivity index is 2.48. The summed E-state index contributed by atoms with van der Waals surface area (Å²) in [5, 5.41) is 0. The summed E-state index contributed by atoms with van der Waals surface area (Å²) in [7, 11) is 0. The van der Waals surface area contributed by atoms with Gasteiger partial charge in [-0.25, -0.2) is 0 Å². The van der Waals surface area contributed by atoms with Crippen LogP contribution >= 0.6 is 11.8 Å². The van der Waals surface area contributed by atoms with Gasteiger partial charge in [-0.3, -0.25) is 4.79 Å². The Labute approximate surface area is 64.9 Å². The second-order valence-electron chi connectivity index (χ2n) is 2.45. The summed E-state index contributed by atoms with van der Waals surface area (Å²) >= 11 is 1.86. The van der Waals surface area contributed by atoms with Gasteiger partial charge >= 0.3 is 0 Å². The van der Waals surface area contributed by atoms with Crippen LogP contribution in [-0.4, -0.2) is 17.4 Å². The molecule has 1 fully saturated rings. The predicted molar refractivity (Wildman–Crippen MR) is 43.8 cm³/mol. The molecule has 0 aromatic rings. The molecular formula is C7H11NOS. The van der Waals surface area contributed by atoms with Crippen LogP contribution in [0.4, 0.5) is 0 Å². The van der Waals surface area contributed by atoms with Crippen LogP contribution in [0.3, 0.4) is 0 Å². The Bertz CT molecular complexity index is 161. The maximum absolute atomic E-state index is 10.6. The molecule has 0 spiro atoms. The Morgan fingerprint density at radius 2 is 2.40 bits per heavy atom. The minimum absolute atomic E-state index is 0.340. The third-order valence-corrected chi connectivity index (χ3v) is 2.90. The van der Waals surface area contributed by atoms with Gasteiger partial charge in [-0.15, -0.1) is 0 Å². The van der Waals surface area contributed by atoms with E-state index < -0.39 is 0 Å². The third-order valence-electron chi connectivity index (χ3n) is 1.74. The monoisotopic (exact) mass is 157 g/mol. The summed E-state index contributed by atoms with van der Waals surface area (Å²) in [6.45, 7) is 3.65. The average molecular weight is 157 g/mol. The van der Waals surface area contributed by atoms with Gasteiger partial charge in [0.1, 0.15) is 0 Å². The summed E-state index contributed by atoms with van der Waals surface area (Å²) in [6.07, 6.45) is 1.06. The maximum Gasteiger partial charge on any atom is 0.244 e. The molecule has 0 aromatic heterocycles. The van der Waals surface area contributed by atoms with Gasteiger partial charge in [0.15, 0.2) is 0 Å². The first-order chi connectivity index (χ1) is 4.72. The number of rotatable bonds is 2. The predicted octanol–water partition coefficient (Wildman–Crippen LogP) is 0.781. The molecular weight excluding hydrogens is 146 g/mol. The molecule has 0 saturated carbocycles. The maximum atomic E-state index is 10.6. The minimum Gasteiger partial charge on any atom is -0.366 e. The lowest BCUT2D eigenvalue weighted by Crippen LogP contribution is -2.19. The number of primary amides is 1. The quantitative estimate of drug-likeness (QED) is 0.602. The second-order valence-corrected chi connectivity index (χ2v) is 3.60. The van der Waals surface area contributed by atoms with Crippen molar-refractivity contribution >= 4 is 17.7 Å². The van der Waals surface area contributed by atoms with Gasteiger partial charge in [-0.2, -0.15) is 11.8 Å². The van der Waals surface area contributed by atoms with Crippen LogP contribution in [0.2, 0.25) is 0 Å². The largest absolute Gasteiger partial charge is 0.366 e. The van der Waals surface area contributed by atoms with Crippen LogP contribution < -0.4 is 5.73 Å². The van der Waals surface area contributed by atoms with Gasteiger partial charge < -0.3 is 5.73 Å². The Hall–Kier alpha value is -0.440. The lowest BCUT2D eigenvalue weighted by Gasteiger charge is -2.06. The van der Waals surface area contributed by atoms with Crippen molar-refractivity contribution in [2.75, 3.05) is 11.5 Å². The molecule has 1 heterocycles. The van der Waals surface area contributed by atoms with Gasteiger partial charge in [-0.05, 0) is 18.1 Å². The smallest absolute Gasteiger partial charge is 0.244 e. The van der Waals surface area contributed by atoms with Crippen molar-refractivity contribution in [3.8, 4) is 0 Å². The van der Waals surface area contributed by atoms with E-state index in [2.05, 4.69) is 6.58 Å². The highest BCUT2D eigenvalue weighted by Crippen LogP contribution is 2.28. The fourth-order valence-electron chi connectivity index (χ4n) is 1.01. The van der Waals surface area contributed by atoms with E-state index in [0.29, 0.717) is 11.5 Å². The van der Waals surface area contributed by atoms with E-state index in [1.807, 2.05) is 11.8 Å². The highest BCUT2D eigenvalue weighted by atomic mass is 32.2. The Kier molecular flexibility index (Phi) is 2.38. The highest BCUT2D eigenvalue weighted by Gasteiger charge is 2.20. The van der Waals surface area contributed by atoms with Crippen LogP contribution in [0.15, 0.2) is 12.2 Å². The zero-order chi connectivity index (χ0) is 7.56. The summed E-state index contributed by atoms with van der Waals surface area (Å²) < 4.78 is 0. The van der Waals surface area contributed by atoms with Crippen LogP contribution in [0.25, 0.3) is 0 Å². The molecule has 0 radical (unpaired) electrons. The van der Waals surface area contributed by atoms with Crippen molar-refractivity contribution in [2.24, 2.45) is 11.7 Å². The van der Waals surface area contributed by atoms with E-state index in [1.165, 1.54) is 0 Å². The van der Waals surface area contributed by atoms with Crippen molar-refractivity contribution in [1.82, 2.24) is 0 Å². The van der Waals surface area contributed by atoms with E-state index in [1.54, 1.807) is 0 Å². The summed E-state index contributed by atoms with van der Waals surface area (Å²) in [6, 6.07) is 0. The number of hydrogen-bond donors (Lipinski definition) is 1. The van der Waals surface area contributed by atoms with Crippen molar-refractivity contribution in [3.05, 3.63) is 12.2 Å². The molecule has 1 amide bonds. The van der Waals surface area contributed by atoms with E-state index in [0.717, 1.165) is 17.9 Å². The average Bonchev–Trinajstić information content (AvgIpc) is 2.36. The zero-order valence-corrected chi connectivity index (χ0v) is 6.62. The van der Waals surface area contributed by atoms with E-state index in [-0.39, 0.29) is 5.91 Å². The molecule has 1 unspecified atom stereocenters. The third kappa shape index (κ3) is 1.53. The van der Waals surface area contributed by atoms with Crippen molar-refractivity contribution in [1.29, 1.82) is 0 Å². The molecule has 1 aliphatic heterocycles. The SMILES string of the molecule is C=C(C(N)=O)C1CCSC1. The topological polar surface area (TPSA) is 43.1 Å². The molecule has 1 rings (SSSR count). The first kappa shape index (κ1) is 7.66. The Morgan fingerprint density at radius 3 is 2.80 bits per heavy atom. The number of hydrogen-bond acceptors (Lipinski definition) is 2. The number of carbonyl (C=O) groups is 1. The standard InChI is InChI=1S/C7H11NOS/c1-5(7(8)9)6-2-3-10-4-6/h6H,1-4H2,(H2,8,9).